The first-order chi connectivity index (χ1) is 14.6. The predicted octanol–water partition coefficient (Wildman–Crippen LogP) is 6.39. The number of hydrogen-bond donors (Lipinski definition) is 2. The van der Waals surface area contributed by atoms with Gasteiger partial charge in [0.05, 0.1) is 0 Å². The van der Waals surface area contributed by atoms with Crippen molar-refractivity contribution in [3.05, 3.63) is 77.4 Å². The highest BCUT2D eigenvalue weighted by Gasteiger charge is 2.06. The van der Waals surface area contributed by atoms with Gasteiger partial charge in [0, 0.05) is 31.6 Å². The minimum Gasteiger partial charge on any atom is -0.396 e. The van der Waals surface area contributed by atoms with E-state index in [0.717, 1.165) is 44.2 Å². The Morgan fingerprint density at radius 2 is 1.57 bits per heavy atom. The Morgan fingerprint density at radius 3 is 2.20 bits per heavy atom. The first kappa shape index (κ1) is 23.9. The smallest absolute Gasteiger partial charge is 0.0485 e. The van der Waals surface area contributed by atoms with Crippen molar-refractivity contribution in [3.8, 4) is 0 Å². The molecule has 0 radical (unpaired) electrons. The molecule has 2 unspecified atom stereocenters. The Hall–Kier alpha value is -2.39. The van der Waals surface area contributed by atoms with Crippen LogP contribution < -0.4 is 5.32 Å². The van der Waals surface area contributed by atoms with E-state index < -0.39 is 0 Å². The molecule has 0 saturated carbocycles. The third-order valence-electron chi connectivity index (χ3n) is 5.50. The summed E-state index contributed by atoms with van der Waals surface area (Å²) < 4.78 is 0. The summed E-state index contributed by atoms with van der Waals surface area (Å²) >= 11 is 0. The number of aliphatic hydroxyl groups excluding tert-OH is 1. The monoisotopic (exact) mass is 406 g/mol. The Labute approximate surface area is 183 Å². The summed E-state index contributed by atoms with van der Waals surface area (Å²) in [4.78, 5) is 3.94. The van der Waals surface area contributed by atoms with Crippen LogP contribution in [0.3, 0.4) is 0 Å². The number of nitrogens with zero attached hydrogens (tertiary/aromatic N) is 1. The van der Waals surface area contributed by atoms with Crippen LogP contribution in [0.4, 0.5) is 5.69 Å². The van der Waals surface area contributed by atoms with E-state index in [1.165, 1.54) is 16.7 Å². The molecule has 0 spiro atoms. The van der Waals surface area contributed by atoms with Crippen LogP contribution in [0.1, 0.15) is 62.3 Å². The van der Waals surface area contributed by atoms with Crippen LogP contribution in [0.25, 0.3) is 0 Å². The van der Waals surface area contributed by atoms with Crippen molar-refractivity contribution < 1.29 is 5.11 Å². The van der Waals surface area contributed by atoms with Gasteiger partial charge in [-0.3, -0.25) is 4.99 Å². The summed E-state index contributed by atoms with van der Waals surface area (Å²) in [7, 11) is 1.79. The molecule has 0 aliphatic heterocycles. The van der Waals surface area contributed by atoms with Crippen LogP contribution in [0, 0.1) is 5.92 Å². The first-order valence-corrected chi connectivity index (χ1v) is 11.2. The number of aryl methyl sites for hydroxylation is 2. The van der Waals surface area contributed by atoms with Gasteiger partial charge in [0.2, 0.25) is 0 Å². The summed E-state index contributed by atoms with van der Waals surface area (Å²) in [5, 5.41) is 12.7. The molecule has 2 rings (SSSR count). The topological polar surface area (TPSA) is 44.6 Å². The molecule has 0 aliphatic rings. The van der Waals surface area contributed by atoms with E-state index in [9.17, 15) is 0 Å². The van der Waals surface area contributed by atoms with Gasteiger partial charge in [-0.05, 0) is 86.3 Å². The number of anilines is 1. The molecule has 0 heterocycles. The summed E-state index contributed by atoms with van der Waals surface area (Å²) in [6.45, 7) is 4.59. The second kappa shape index (κ2) is 13.8. The van der Waals surface area contributed by atoms with Crippen molar-refractivity contribution in [2.75, 3.05) is 19.0 Å². The van der Waals surface area contributed by atoms with Crippen LogP contribution in [0.2, 0.25) is 0 Å². The van der Waals surface area contributed by atoms with Gasteiger partial charge in [0.25, 0.3) is 0 Å². The van der Waals surface area contributed by atoms with Crippen LogP contribution in [0.15, 0.2) is 65.7 Å². The van der Waals surface area contributed by atoms with Crippen LogP contribution in [0.5, 0.6) is 0 Å². The van der Waals surface area contributed by atoms with Crippen molar-refractivity contribution in [2.24, 2.45) is 10.9 Å². The average Bonchev–Trinajstić information content (AvgIpc) is 2.77. The molecule has 2 aromatic rings. The molecule has 3 heteroatoms. The van der Waals surface area contributed by atoms with Crippen LogP contribution in [-0.4, -0.2) is 25.0 Å². The molecule has 30 heavy (non-hydrogen) atoms. The van der Waals surface area contributed by atoms with Crippen LogP contribution in [-0.2, 0) is 12.8 Å². The summed E-state index contributed by atoms with van der Waals surface area (Å²) in [5.74, 6) is 0.400. The van der Waals surface area contributed by atoms with E-state index in [1.807, 2.05) is 12.3 Å². The number of rotatable bonds is 13. The maximum Gasteiger partial charge on any atom is 0.0485 e. The van der Waals surface area contributed by atoms with Gasteiger partial charge in [0.15, 0.2) is 0 Å². The zero-order valence-electron chi connectivity index (χ0n) is 18.8. The van der Waals surface area contributed by atoms with E-state index in [-0.39, 0.29) is 12.6 Å². The molecule has 0 saturated heterocycles. The molecule has 2 N–H and O–H groups in total. The van der Waals surface area contributed by atoms with Gasteiger partial charge >= 0.3 is 0 Å². The first-order valence-electron chi connectivity index (χ1n) is 11.2. The summed E-state index contributed by atoms with van der Waals surface area (Å²) in [5.41, 5.74) is 5.21. The standard InChI is InChI=1S/C27H38N2O/c1-22(21-30)9-8-11-25-12-16-26(17-13-25)23(2)29-27-18-14-24(15-19-27)10-6-4-5-7-20-28-3/h5,7,12-20,22-23,29-30H,4,6,8-11,21H2,1-3H3/b7-5-,28-20?. The lowest BCUT2D eigenvalue weighted by atomic mass is 9.99. The molecule has 0 bridgehead atoms. The lowest BCUT2D eigenvalue weighted by Crippen LogP contribution is -2.06. The molecule has 2 atom stereocenters. The quantitative estimate of drug-likeness (QED) is 0.299. The van der Waals surface area contributed by atoms with Crippen LogP contribution >= 0.6 is 0 Å². The Balaban J connectivity index is 1.77. The fourth-order valence-electron chi connectivity index (χ4n) is 3.49. The molecule has 162 valence electrons. The van der Waals surface area contributed by atoms with Crippen molar-refractivity contribution in [3.63, 3.8) is 0 Å². The predicted molar refractivity (Wildman–Crippen MR) is 131 cm³/mol. The second-order valence-corrected chi connectivity index (χ2v) is 8.21. The number of benzene rings is 2. The number of aliphatic imine (C=N–C) groups is 1. The molecule has 3 nitrogen and oxygen atoms in total. The Bertz CT molecular complexity index is 762. The van der Waals surface area contributed by atoms with E-state index in [4.69, 9.17) is 5.11 Å². The highest BCUT2D eigenvalue weighted by Crippen LogP contribution is 2.21. The Kier molecular flexibility index (Phi) is 11.0. The largest absolute Gasteiger partial charge is 0.396 e. The maximum absolute atomic E-state index is 9.13. The number of hydrogen-bond acceptors (Lipinski definition) is 3. The van der Waals surface area contributed by atoms with Gasteiger partial charge in [-0.15, -0.1) is 0 Å². The highest BCUT2D eigenvalue weighted by molar-refractivity contribution is 5.70. The maximum atomic E-state index is 9.13. The van der Waals surface area contributed by atoms with Crippen molar-refractivity contribution in [1.82, 2.24) is 0 Å². The van der Waals surface area contributed by atoms with Gasteiger partial charge in [-0.25, -0.2) is 0 Å². The lowest BCUT2D eigenvalue weighted by Gasteiger charge is -2.17. The molecule has 0 fully saturated rings. The number of nitrogens with one attached hydrogen (secondary N) is 1. The van der Waals surface area contributed by atoms with Gasteiger partial charge in [-0.1, -0.05) is 49.4 Å². The zero-order chi connectivity index (χ0) is 21.6. The van der Waals surface area contributed by atoms with Crippen molar-refractivity contribution in [2.45, 2.75) is 58.4 Å². The molecule has 0 aliphatic carbocycles. The number of unbranched alkanes of at least 4 members (excludes halogenated alkanes) is 1. The normalized spacial score (nSPS) is 13.7. The molecule has 2 aromatic carbocycles. The fraction of sp³-hybridized carbons (Fsp3) is 0.444. The third kappa shape index (κ3) is 8.96. The fourth-order valence-corrected chi connectivity index (χ4v) is 3.49. The lowest BCUT2D eigenvalue weighted by molar-refractivity contribution is 0.228. The van der Waals surface area contributed by atoms with E-state index in [2.05, 4.69) is 78.8 Å². The van der Waals surface area contributed by atoms with Gasteiger partial charge < -0.3 is 10.4 Å². The van der Waals surface area contributed by atoms with E-state index in [0.29, 0.717) is 5.92 Å². The third-order valence-corrected chi connectivity index (χ3v) is 5.50. The number of aliphatic hydroxyl groups is 1. The number of allylic oxidation sites excluding steroid dienone is 2. The van der Waals surface area contributed by atoms with Crippen molar-refractivity contribution in [1.29, 1.82) is 0 Å². The molecule has 0 aromatic heterocycles. The molecular formula is C27H38N2O. The highest BCUT2D eigenvalue weighted by atomic mass is 16.3. The molecule has 0 amide bonds. The van der Waals surface area contributed by atoms with E-state index >= 15 is 0 Å². The molecular weight excluding hydrogens is 368 g/mol. The second-order valence-electron chi connectivity index (χ2n) is 8.21. The van der Waals surface area contributed by atoms with Crippen molar-refractivity contribution >= 4 is 11.9 Å². The minimum atomic E-state index is 0.268. The summed E-state index contributed by atoms with van der Waals surface area (Å²) in [6.07, 6.45) is 12.6. The van der Waals surface area contributed by atoms with E-state index in [1.54, 1.807) is 7.05 Å². The zero-order valence-corrected chi connectivity index (χ0v) is 18.8. The summed E-state index contributed by atoms with van der Waals surface area (Å²) in [6, 6.07) is 18.0. The van der Waals surface area contributed by atoms with Gasteiger partial charge in [-0.2, -0.15) is 0 Å². The average molecular weight is 407 g/mol. The minimum absolute atomic E-state index is 0.268. The Morgan fingerprint density at radius 1 is 0.933 bits per heavy atom. The SMILES string of the molecule is CN=C/C=C\CCCc1ccc(NC(C)c2ccc(CCCC(C)CO)cc2)cc1. The van der Waals surface area contributed by atoms with Gasteiger partial charge in [0.1, 0.15) is 0 Å².